The molecular weight excluding hydrogens is 392 g/mol. The van der Waals surface area contributed by atoms with Gasteiger partial charge in [-0.2, -0.15) is 0 Å². The van der Waals surface area contributed by atoms with Crippen LogP contribution < -0.4 is 0 Å². The van der Waals surface area contributed by atoms with Gasteiger partial charge in [0.15, 0.2) is 5.65 Å². The number of hydrogen-bond donors (Lipinski definition) is 0. The van der Waals surface area contributed by atoms with E-state index in [1.165, 1.54) is 6.42 Å². The molecule has 0 spiro atoms. The van der Waals surface area contributed by atoms with E-state index in [1.807, 2.05) is 36.6 Å². The molecule has 0 saturated carbocycles. The number of carbonyl (C=O) groups is 2. The van der Waals surface area contributed by atoms with Crippen LogP contribution in [-0.4, -0.2) is 86.9 Å². The number of pyridine rings is 1. The topological polar surface area (TPSA) is 74.6 Å². The van der Waals surface area contributed by atoms with Crippen LogP contribution in [0.15, 0.2) is 6.07 Å². The highest BCUT2D eigenvalue weighted by molar-refractivity contribution is 6.04. The van der Waals surface area contributed by atoms with Crippen LogP contribution in [0.2, 0.25) is 0 Å². The summed E-state index contributed by atoms with van der Waals surface area (Å²) < 4.78 is 2.21. The highest BCUT2D eigenvalue weighted by Crippen LogP contribution is 2.25. The molecule has 0 aromatic carbocycles. The molecular formula is C23H34N6O2. The van der Waals surface area contributed by atoms with Crippen LogP contribution in [0, 0.1) is 6.92 Å². The lowest BCUT2D eigenvalue weighted by atomic mass is 10.1. The van der Waals surface area contributed by atoms with Crippen LogP contribution >= 0.6 is 0 Å². The molecule has 8 heteroatoms. The first kappa shape index (κ1) is 21.7. The van der Waals surface area contributed by atoms with E-state index in [1.54, 1.807) is 0 Å². The van der Waals surface area contributed by atoms with Gasteiger partial charge in [-0.05, 0) is 39.7 Å². The van der Waals surface area contributed by atoms with Gasteiger partial charge in [-0.3, -0.25) is 14.5 Å². The van der Waals surface area contributed by atoms with Crippen LogP contribution in [0.5, 0.6) is 0 Å². The second-order valence-electron chi connectivity index (χ2n) is 8.61. The Balaban J connectivity index is 1.49. The number of imidazole rings is 1. The third-order valence-corrected chi connectivity index (χ3v) is 6.56. The first-order valence-electron chi connectivity index (χ1n) is 11.7. The van der Waals surface area contributed by atoms with E-state index in [-0.39, 0.29) is 11.8 Å². The summed E-state index contributed by atoms with van der Waals surface area (Å²) in [6, 6.07) is 1.88. The minimum atomic E-state index is 0.0264. The van der Waals surface area contributed by atoms with Crippen molar-refractivity contribution < 1.29 is 9.59 Å². The van der Waals surface area contributed by atoms with Crippen LogP contribution in [0.25, 0.3) is 11.2 Å². The second kappa shape index (κ2) is 9.34. The number of nitrogens with zero attached hydrogens (tertiary/aromatic N) is 6. The van der Waals surface area contributed by atoms with Crippen LogP contribution in [0.3, 0.4) is 0 Å². The first-order valence-corrected chi connectivity index (χ1v) is 11.7. The molecule has 1 fully saturated rings. The maximum Gasteiger partial charge on any atom is 0.256 e. The molecule has 31 heavy (non-hydrogen) atoms. The Bertz CT molecular complexity index is 957. The Kier molecular flexibility index (Phi) is 6.55. The zero-order chi connectivity index (χ0) is 22.0. The van der Waals surface area contributed by atoms with Crippen LogP contribution in [0.1, 0.15) is 55.0 Å². The van der Waals surface area contributed by atoms with Crippen molar-refractivity contribution in [1.82, 2.24) is 29.2 Å². The molecule has 0 radical (unpaired) electrons. The van der Waals surface area contributed by atoms with E-state index in [0.717, 1.165) is 61.6 Å². The van der Waals surface area contributed by atoms with Gasteiger partial charge in [-0.25, -0.2) is 9.97 Å². The number of fused-ring (bicyclic) bond motifs is 3. The van der Waals surface area contributed by atoms with Crippen molar-refractivity contribution in [3.63, 3.8) is 0 Å². The normalized spacial score (nSPS) is 17.5. The van der Waals surface area contributed by atoms with Gasteiger partial charge in [0.2, 0.25) is 5.91 Å². The summed E-state index contributed by atoms with van der Waals surface area (Å²) >= 11 is 0. The fraction of sp³-hybridized carbons (Fsp3) is 0.652. The summed E-state index contributed by atoms with van der Waals surface area (Å²) in [5.74, 6) is 1.24. The van der Waals surface area contributed by atoms with Gasteiger partial charge in [0.1, 0.15) is 11.3 Å². The number of aryl methyl sites for hydroxylation is 3. The predicted molar refractivity (Wildman–Crippen MR) is 120 cm³/mol. The van der Waals surface area contributed by atoms with Crippen molar-refractivity contribution in [2.45, 2.75) is 53.0 Å². The van der Waals surface area contributed by atoms with Crippen molar-refractivity contribution >= 4 is 23.0 Å². The predicted octanol–water partition coefficient (Wildman–Crippen LogP) is 2.09. The Morgan fingerprint density at radius 1 is 1.00 bits per heavy atom. The van der Waals surface area contributed by atoms with Crippen molar-refractivity contribution in [2.75, 3.05) is 45.8 Å². The lowest BCUT2D eigenvalue weighted by Crippen LogP contribution is -2.51. The van der Waals surface area contributed by atoms with Crippen LogP contribution in [0.4, 0.5) is 0 Å². The fourth-order valence-corrected chi connectivity index (χ4v) is 4.73. The maximum absolute atomic E-state index is 13.4. The minimum Gasteiger partial charge on any atom is -0.342 e. The standard InChI is InChI=1S/C23H34N6O2/c1-4-27(5-2)20(30)16-26-11-13-28(14-12-26)23(31)18-15-17(3)24-22-21(18)25-19-9-7-6-8-10-29(19)22/h15H,4-14,16H2,1-3H3. The monoisotopic (exact) mass is 426 g/mol. The molecule has 0 N–H and O–H groups in total. The number of hydrogen-bond acceptors (Lipinski definition) is 5. The Morgan fingerprint density at radius 3 is 2.45 bits per heavy atom. The molecule has 2 amide bonds. The average Bonchev–Trinajstić information content (AvgIpc) is 2.94. The van der Waals surface area contributed by atoms with Gasteiger partial charge in [-0.1, -0.05) is 6.42 Å². The quantitative estimate of drug-likeness (QED) is 0.732. The molecule has 2 aliphatic rings. The molecule has 2 aromatic rings. The summed E-state index contributed by atoms with van der Waals surface area (Å²) in [5, 5.41) is 0. The summed E-state index contributed by atoms with van der Waals surface area (Å²) in [7, 11) is 0. The van der Waals surface area contributed by atoms with E-state index < -0.39 is 0 Å². The highest BCUT2D eigenvalue weighted by atomic mass is 16.2. The van der Waals surface area contributed by atoms with E-state index in [0.29, 0.717) is 38.3 Å². The smallest absolute Gasteiger partial charge is 0.256 e. The number of likely N-dealkylation sites (N-methyl/N-ethyl adjacent to an activating group) is 1. The SMILES string of the molecule is CCN(CC)C(=O)CN1CCN(C(=O)c2cc(C)nc3c2nc2n3CCCCC2)CC1. The average molecular weight is 427 g/mol. The molecule has 2 aliphatic heterocycles. The summed E-state index contributed by atoms with van der Waals surface area (Å²) in [6.07, 6.45) is 4.43. The zero-order valence-electron chi connectivity index (χ0n) is 19.1. The van der Waals surface area contributed by atoms with Gasteiger partial charge in [0.05, 0.1) is 12.1 Å². The second-order valence-corrected chi connectivity index (χ2v) is 8.61. The fourth-order valence-electron chi connectivity index (χ4n) is 4.73. The van der Waals surface area contributed by atoms with E-state index >= 15 is 0 Å². The third kappa shape index (κ3) is 4.44. The highest BCUT2D eigenvalue weighted by Gasteiger charge is 2.27. The van der Waals surface area contributed by atoms with Crippen molar-refractivity contribution in [2.24, 2.45) is 0 Å². The number of amides is 2. The van der Waals surface area contributed by atoms with Gasteiger partial charge in [-0.15, -0.1) is 0 Å². The largest absolute Gasteiger partial charge is 0.342 e. The van der Waals surface area contributed by atoms with Crippen LogP contribution in [-0.2, 0) is 17.8 Å². The van der Waals surface area contributed by atoms with Gasteiger partial charge in [0, 0.05) is 57.9 Å². The molecule has 168 valence electrons. The Labute approximate surface area is 184 Å². The number of rotatable bonds is 5. The molecule has 4 rings (SSSR count). The van der Waals surface area contributed by atoms with E-state index in [2.05, 4.69) is 9.47 Å². The third-order valence-electron chi connectivity index (χ3n) is 6.56. The summed E-state index contributed by atoms with van der Waals surface area (Å²) in [4.78, 5) is 41.3. The van der Waals surface area contributed by atoms with Crippen molar-refractivity contribution in [1.29, 1.82) is 0 Å². The maximum atomic E-state index is 13.4. The molecule has 0 atom stereocenters. The Hall–Kier alpha value is -2.48. The zero-order valence-corrected chi connectivity index (χ0v) is 19.1. The number of piperazine rings is 1. The molecule has 4 heterocycles. The van der Waals surface area contributed by atoms with Gasteiger partial charge < -0.3 is 14.4 Å². The summed E-state index contributed by atoms with van der Waals surface area (Å²) in [6.45, 7) is 11.5. The Morgan fingerprint density at radius 2 is 1.74 bits per heavy atom. The molecule has 0 aliphatic carbocycles. The lowest BCUT2D eigenvalue weighted by molar-refractivity contribution is -0.132. The first-order chi connectivity index (χ1) is 15.0. The summed E-state index contributed by atoms with van der Waals surface area (Å²) in [5.41, 5.74) is 3.11. The minimum absolute atomic E-state index is 0.0264. The number of aromatic nitrogens is 3. The van der Waals surface area contributed by atoms with E-state index in [4.69, 9.17) is 9.97 Å². The molecule has 1 saturated heterocycles. The lowest BCUT2D eigenvalue weighted by Gasteiger charge is -2.35. The van der Waals surface area contributed by atoms with E-state index in [9.17, 15) is 9.59 Å². The molecule has 0 bridgehead atoms. The molecule has 2 aromatic heterocycles. The van der Waals surface area contributed by atoms with Crippen molar-refractivity contribution in [3.8, 4) is 0 Å². The number of carbonyl (C=O) groups excluding carboxylic acids is 2. The molecule has 8 nitrogen and oxygen atoms in total. The molecule has 0 unspecified atom stereocenters. The van der Waals surface area contributed by atoms with Gasteiger partial charge >= 0.3 is 0 Å². The van der Waals surface area contributed by atoms with Crippen molar-refractivity contribution in [3.05, 3.63) is 23.1 Å². The van der Waals surface area contributed by atoms with Gasteiger partial charge in [0.25, 0.3) is 5.91 Å².